The van der Waals surface area contributed by atoms with Crippen LogP contribution in [0.1, 0.15) is 23.1 Å². The Bertz CT molecular complexity index is 644. The Balaban J connectivity index is 1.18. The van der Waals surface area contributed by atoms with Gasteiger partial charge in [-0.15, -0.1) is 0 Å². The van der Waals surface area contributed by atoms with Crippen LogP contribution in [-0.2, 0) is 19.3 Å². The summed E-state index contributed by atoms with van der Waals surface area (Å²) in [5.41, 5.74) is 5.86. The largest absolute Gasteiger partial charge is 0.384 e. The first-order valence-corrected chi connectivity index (χ1v) is 8.99. The van der Waals surface area contributed by atoms with Crippen LogP contribution in [0.15, 0.2) is 48.5 Å². The fraction of sp³-hybridized carbons (Fsp3) is 0.429. The topological polar surface area (TPSA) is 15.3 Å². The van der Waals surface area contributed by atoms with E-state index in [0.29, 0.717) is 0 Å². The highest BCUT2D eigenvalue weighted by molar-refractivity contribution is 5.56. The summed E-state index contributed by atoms with van der Waals surface area (Å²) in [6.07, 6.45) is 4.93. The van der Waals surface area contributed by atoms with Gasteiger partial charge in [0.15, 0.2) is 0 Å². The van der Waals surface area contributed by atoms with Crippen molar-refractivity contribution in [2.45, 2.75) is 25.7 Å². The Morgan fingerprint density at radius 3 is 2.74 bits per heavy atom. The van der Waals surface area contributed by atoms with Crippen molar-refractivity contribution in [2.75, 3.05) is 31.5 Å². The van der Waals surface area contributed by atoms with Gasteiger partial charge in [-0.3, -0.25) is 0 Å². The van der Waals surface area contributed by atoms with Crippen molar-refractivity contribution in [3.8, 4) is 0 Å². The van der Waals surface area contributed by atoms with Gasteiger partial charge < -0.3 is 10.2 Å². The Morgan fingerprint density at radius 1 is 1.00 bits per heavy atom. The molecule has 0 saturated carbocycles. The average molecular weight is 306 g/mol. The van der Waals surface area contributed by atoms with Crippen LogP contribution in [0.25, 0.3) is 0 Å². The lowest BCUT2D eigenvalue weighted by atomic mass is 9.91. The molecule has 2 aliphatic rings. The summed E-state index contributed by atoms with van der Waals surface area (Å²) in [6.45, 7) is 4.92. The van der Waals surface area contributed by atoms with E-state index in [4.69, 9.17) is 0 Å². The number of hydrogen-bond acceptors (Lipinski definition) is 2. The number of anilines is 1. The zero-order chi connectivity index (χ0) is 15.5. The molecule has 2 heteroatoms. The van der Waals surface area contributed by atoms with Gasteiger partial charge >= 0.3 is 0 Å². The summed E-state index contributed by atoms with van der Waals surface area (Å²) in [5.74, 6) is 0.860. The standard InChI is InChI=1S/C21H26N2/c1-2-5-17(6-3-1)7-4-12-23-15-19(16-23)13-18-8-9-21-20(14-18)10-11-22-21/h1-3,5-6,8-9,14,19,22H,4,7,10-13,15-16H2. The second-order valence-electron chi connectivity index (χ2n) is 7.09. The fourth-order valence-corrected chi connectivity index (χ4v) is 3.96. The van der Waals surface area contributed by atoms with E-state index in [1.165, 1.54) is 67.7 Å². The molecule has 2 aliphatic heterocycles. The van der Waals surface area contributed by atoms with Gasteiger partial charge in [-0.2, -0.15) is 0 Å². The molecule has 23 heavy (non-hydrogen) atoms. The van der Waals surface area contributed by atoms with Gasteiger partial charge in [-0.05, 0) is 60.9 Å². The molecule has 0 atom stereocenters. The molecule has 2 aromatic carbocycles. The fourth-order valence-electron chi connectivity index (χ4n) is 3.96. The molecule has 0 radical (unpaired) electrons. The summed E-state index contributed by atoms with van der Waals surface area (Å²) in [6, 6.07) is 17.9. The van der Waals surface area contributed by atoms with Crippen LogP contribution in [0.2, 0.25) is 0 Å². The molecule has 0 spiro atoms. The number of rotatable bonds is 6. The van der Waals surface area contributed by atoms with E-state index in [0.717, 1.165) is 12.5 Å². The lowest BCUT2D eigenvalue weighted by Gasteiger charge is -2.39. The van der Waals surface area contributed by atoms with Crippen molar-refractivity contribution in [1.29, 1.82) is 0 Å². The molecule has 1 fully saturated rings. The van der Waals surface area contributed by atoms with Gasteiger partial charge in [-0.1, -0.05) is 42.5 Å². The number of nitrogens with one attached hydrogen (secondary N) is 1. The summed E-state index contributed by atoms with van der Waals surface area (Å²) in [7, 11) is 0. The predicted molar refractivity (Wildman–Crippen MR) is 97.0 cm³/mol. The van der Waals surface area contributed by atoms with Gasteiger partial charge in [0, 0.05) is 25.3 Å². The molecular formula is C21H26N2. The van der Waals surface area contributed by atoms with Gasteiger partial charge in [0.25, 0.3) is 0 Å². The Morgan fingerprint density at radius 2 is 1.87 bits per heavy atom. The summed E-state index contributed by atoms with van der Waals surface area (Å²) >= 11 is 0. The molecule has 0 aliphatic carbocycles. The van der Waals surface area contributed by atoms with Crippen LogP contribution in [-0.4, -0.2) is 31.1 Å². The molecule has 0 aromatic heterocycles. The summed E-state index contributed by atoms with van der Waals surface area (Å²) in [4.78, 5) is 2.61. The van der Waals surface area contributed by atoms with E-state index in [1.807, 2.05) is 0 Å². The van der Waals surface area contributed by atoms with Crippen LogP contribution >= 0.6 is 0 Å². The van der Waals surface area contributed by atoms with Crippen molar-refractivity contribution in [1.82, 2.24) is 4.90 Å². The van der Waals surface area contributed by atoms with E-state index in [-0.39, 0.29) is 0 Å². The smallest absolute Gasteiger partial charge is 0.0373 e. The summed E-state index contributed by atoms with van der Waals surface area (Å²) < 4.78 is 0. The van der Waals surface area contributed by atoms with Gasteiger partial charge in [0.1, 0.15) is 0 Å². The molecule has 120 valence electrons. The van der Waals surface area contributed by atoms with Gasteiger partial charge in [0.2, 0.25) is 0 Å². The Labute approximate surface area is 139 Å². The van der Waals surface area contributed by atoms with Crippen LogP contribution in [0, 0.1) is 5.92 Å². The third kappa shape index (κ3) is 3.59. The zero-order valence-electron chi connectivity index (χ0n) is 13.8. The second kappa shape index (κ2) is 6.76. The third-order valence-corrected chi connectivity index (χ3v) is 5.22. The second-order valence-corrected chi connectivity index (χ2v) is 7.09. The van der Waals surface area contributed by atoms with E-state index < -0.39 is 0 Å². The highest BCUT2D eigenvalue weighted by Gasteiger charge is 2.26. The van der Waals surface area contributed by atoms with Crippen molar-refractivity contribution < 1.29 is 0 Å². The molecular weight excluding hydrogens is 280 g/mol. The van der Waals surface area contributed by atoms with Crippen molar-refractivity contribution in [3.05, 3.63) is 65.2 Å². The number of fused-ring (bicyclic) bond motifs is 1. The number of benzene rings is 2. The van der Waals surface area contributed by atoms with Crippen LogP contribution in [0.5, 0.6) is 0 Å². The van der Waals surface area contributed by atoms with E-state index in [2.05, 4.69) is 58.7 Å². The minimum Gasteiger partial charge on any atom is -0.384 e. The quantitative estimate of drug-likeness (QED) is 0.874. The van der Waals surface area contributed by atoms with Crippen LogP contribution < -0.4 is 5.32 Å². The molecule has 2 aromatic rings. The highest BCUT2D eigenvalue weighted by Crippen LogP contribution is 2.26. The van der Waals surface area contributed by atoms with Crippen molar-refractivity contribution in [3.63, 3.8) is 0 Å². The SMILES string of the molecule is c1ccc(CCCN2CC(Cc3ccc4c(c3)CCN4)C2)cc1. The van der Waals surface area contributed by atoms with E-state index in [9.17, 15) is 0 Å². The normalized spacial score (nSPS) is 17.6. The molecule has 1 saturated heterocycles. The zero-order valence-corrected chi connectivity index (χ0v) is 13.8. The highest BCUT2D eigenvalue weighted by atomic mass is 15.2. The maximum atomic E-state index is 3.44. The molecule has 2 heterocycles. The van der Waals surface area contributed by atoms with Crippen molar-refractivity contribution in [2.24, 2.45) is 5.92 Å². The van der Waals surface area contributed by atoms with Gasteiger partial charge in [0.05, 0.1) is 0 Å². The van der Waals surface area contributed by atoms with E-state index in [1.54, 1.807) is 0 Å². The van der Waals surface area contributed by atoms with Gasteiger partial charge in [-0.25, -0.2) is 0 Å². The number of likely N-dealkylation sites (tertiary alicyclic amines) is 1. The summed E-state index contributed by atoms with van der Waals surface area (Å²) in [5, 5.41) is 3.44. The minimum absolute atomic E-state index is 0.860. The first kappa shape index (κ1) is 14.8. The molecule has 0 amide bonds. The average Bonchev–Trinajstić information content (AvgIpc) is 3.01. The third-order valence-electron chi connectivity index (χ3n) is 5.22. The molecule has 1 N–H and O–H groups in total. The predicted octanol–water partition coefficient (Wildman–Crippen LogP) is 3.76. The molecule has 4 rings (SSSR count). The number of hydrogen-bond donors (Lipinski definition) is 1. The van der Waals surface area contributed by atoms with Crippen LogP contribution in [0.3, 0.4) is 0 Å². The number of nitrogens with zero attached hydrogens (tertiary/aromatic N) is 1. The molecule has 2 nitrogen and oxygen atoms in total. The number of aryl methyl sites for hydroxylation is 1. The minimum atomic E-state index is 0.860. The maximum Gasteiger partial charge on any atom is 0.0373 e. The maximum absolute atomic E-state index is 3.44. The van der Waals surface area contributed by atoms with Crippen LogP contribution in [0.4, 0.5) is 5.69 Å². The monoisotopic (exact) mass is 306 g/mol. The Kier molecular flexibility index (Phi) is 4.34. The lowest BCUT2D eigenvalue weighted by molar-refractivity contribution is 0.0995. The lowest BCUT2D eigenvalue weighted by Crippen LogP contribution is -2.47. The first-order chi connectivity index (χ1) is 11.4. The Hall–Kier alpha value is -1.80. The molecule has 0 unspecified atom stereocenters. The first-order valence-electron chi connectivity index (χ1n) is 8.99. The molecule has 0 bridgehead atoms. The van der Waals surface area contributed by atoms with Crippen molar-refractivity contribution >= 4 is 5.69 Å². The van der Waals surface area contributed by atoms with E-state index >= 15 is 0 Å².